The van der Waals surface area contributed by atoms with Crippen LogP contribution in [0.25, 0.3) is 0 Å². The number of likely N-dealkylation sites (tertiary alicyclic amines) is 2. The molecule has 2 atom stereocenters. The van der Waals surface area contributed by atoms with Crippen LogP contribution in [0.15, 0.2) is 54.6 Å². The normalized spacial score (nSPS) is 22.8. The highest BCUT2D eigenvalue weighted by Gasteiger charge is 2.32. The van der Waals surface area contributed by atoms with Crippen molar-refractivity contribution in [1.29, 1.82) is 0 Å². The number of carbonyl (C=O) groups is 1. The van der Waals surface area contributed by atoms with Crippen molar-refractivity contribution < 1.29 is 9.18 Å². The largest absolute Gasteiger partial charge is 0.352 e. The summed E-state index contributed by atoms with van der Waals surface area (Å²) in [6.45, 7) is 6.65. The Kier molecular flexibility index (Phi) is 7.13. The van der Waals surface area contributed by atoms with E-state index in [0.717, 1.165) is 38.2 Å². The number of hydrogen-bond donors (Lipinski definition) is 1. The Morgan fingerprint density at radius 1 is 0.933 bits per heavy atom. The summed E-state index contributed by atoms with van der Waals surface area (Å²) >= 11 is 0. The molecule has 0 saturated carbocycles. The second kappa shape index (κ2) is 10.2. The second-order valence-corrected chi connectivity index (χ2v) is 8.83. The molecular formula is C25H32FN3O. The number of rotatable bonds is 7. The maximum Gasteiger partial charge on any atom is 0.224 e. The highest BCUT2D eigenvalue weighted by molar-refractivity contribution is 5.79. The molecular weight excluding hydrogens is 377 g/mol. The minimum absolute atomic E-state index is 0.00415. The van der Waals surface area contributed by atoms with E-state index < -0.39 is 0 Å². The lowest BCUT2D eigenvalue weighted by Crippen LogP contribution is -2.48. The molecule has 2 aliphatic rings. The molecule has 1 N–H and O–H groups in total. The van der Waals surface area contributed by atoms with Crippen molar-refractivity contribution in [3.63, 3.8) is 0 Å². The van der Waals surface area contributed by atoms with Gasteiger partial charge in [0.15, 0.2) is 0 Å². The number of hydrogen-bond acceptors (Lipinski definition) is 3. The van der Waals surface area contributed by atoms with E-state index in [0.29, 0.717) is 12.5 Å². The van der Waals surface area contributed by atoms with Crippen LogP contribution >= 0.6 is 0 Å². The summed E-state index contributed by atoms with van der Waals surface area (Å²) in [6, 6.07) is 16.9. The predicted molar refractivity (Wildman–Crippen MR) is 117 cm³/mol. The van der Waals surface area contributed by atoms with Crippen LogP contribution in [0.4, 0.5) is 4.39 Å². The fraction of sp³-hybridized carbons (Fsp3) is 0.480. The second-order valence-electron chi connectivity index (χ2n) is 8.83. The van der Waals surface area contributed by atoms with Gasteiger partial charge in [-0.25, -0.2) is 4.39 Å². The van der Waals surface area contributed by atoms with Gasteiger partial charge in [-0.2, -0.15) is 0 Å². The highest BCUT2D eigenvalue weighted by Crippen LogP contribution is 2.26. The molecule has 2 saturated heterocycles. The average molecular weight is 410 g/mol. The zero-order valence-electron chi connectivity index (χ0n) is 17.6. The van der Waals surface area contributed by atoms with E-state index in [1.807, 2.05) is 6.07 Å². The third-order valence-electron chi connectivity index (χ3n) is 6.33. The minimum Gasteiger partial charge on any atom is -0.352 e. The lowest BCUT2D eigenvalue weighted by Gasteiger charge is -2.38. The van der Waals surface area contributed by atoms with Gasteiger partial charge in [-0.05, 0) is 61.5 Å². The van der Waals surface area contributed by atoms with Crippen LogP contribution in [0.3, 0.4) is 0 Å². The number of halogens is 1. The van der Waals surface area contributed by atoms with Gasteiger partial charge in [0, 0.05) is 32.7 Å². The number of amides is 1. The Hall–Kier alpha value is -2.24. The predicted octanol–water partition coefficient (Wildman–Crippen LogP) is 3.68. The summed E-state index contributed by atoms with van der Waals surface area (Å²) in [5, 5.41) is 3.09. The topological polar surface area (TPSA) is 35.6 Å². The molecule has 4 rings (SSSR count). The number of piperidine rings is 1. The lowest BCUT2D eigenvalue weighted by atomic mass is 9.87. The van der Waals surface area contributed by atoms with Crippen LogP contribution in [-0.4, -0.2) is 48.4 Å². The molecule has 1 amide bonds. The van der Waals surface area contributed by atoms with Gasteiger partial charge in [0.1, 0.15) is 5.82 Å². The molecule has 0 bridgehead atoms. The molecule has 160 valence electrons. The fourth-order valence-electron chi connectivity index (χ4n) is 4.86. The average Bonchev–Trinajstić information content (AvgIpc) is 3.27. The summed E-state index contributed by atoms with van der Waals surface area (Å²) in [7, 11) is 0. The SMILES string of the molecule is O=C(NCc1ccc(F)cc1)[C@@H]1C[C@H](CN2CCCC2)CN(Cc2ccccc2)C1. The van der Waals surface area contributed by atoms with E-state index in [1.54, 1.807) is 12.1 Å². The molecule has 2 heterocycles. The molecule has 2 aromatic rings. The molecule has 0 aromatic heterocycles. The van der Waals surface area contributed by atoms with Crippen molar-refractivity contribution in [2.24, 2.45) is 11.8 Å². The zero-order chi connectivity index (χ0) is 20.8. The molecule has 4 nitrogen and oxygen atoms in total. The quantitative estimate of drug-likeness (QED) is 0.758. The van der Waals surface area contributed by atoms with Crippen LogP contribution in [0.5, 0.6) is 0 Å². The van der Waals surface area contributed by atoms with Gasteiger partial charge in [-0.15, -0.1) is 0 Å². The molecule has 30 heavy (non-hydrogen) atoms. The van der Waals surface area contributed by atoms with E-state index in [1.165, 1.54) is 43.6 Å². The van der Waals surface area contributed by atoms with Crippen molar-refractivity contribution in [3.8, 4) is 0 Å². The molecule has 0 aliphatic carbocycles. The van der Waals surface area contributed by atoms with E-state index in [9.17, 15) is 9.18 Å². The monoisotopic (exact) mass is 409 g/mol. The number of nitrogens with one attached hydrogen (secondary N) is 1. The first kappa shape index (κ1) is 21.0. The summed E-state index contributed by atoms with van der Waals surface area (Å²) in [5.41, 5.74) is 2.22. The van der Waals surface area contributed by atoms with Crippen molar-refractivity contribution in [3.05, 3.63) is 71.5 Å². The Bertz CT molecular complexity index is 805. The van der Waals surface area contributed by atoms with Gasteiger partial charge < -0.3 is 10.2 Å². The first-order valence-electron chi connectivity index (χ1n) is 11.2. The molecule has 2 fully saturated rings. The number of nitrogens with zero attached hydrogens (tertiary/aromatic N) is 2. The molecule has 0 radical (unpaired) electrons. The first-order valence-corrected chi connectivity index (χ1v) is 11.2. The smallest absolute Gasteiger partial charge is 0.224 e. The molecule has 0 unspecified atom stereocenters. The summed E-state index contributed by atoms with van der Waals surface area (Å²) < 4.78 is 13.1. The maximum atomic E-state index is 13.1. The van der Waals surface area contributed by atoms with Crippen molar-refractivity contribution in [1.82, 2.24) is 15.1 Å². The number of benzene rings is 2. The van der Waals surface area contributed by atoms with Gasteiger partial charge >= 0.3 is 0 Å². The summed E-state index contributed by atoms with van der Waals surface area (Å²) in [6.07, 6.45) is 3.53. The molecule has 0 spiro atoms. The Morgan fingerprint density at radius 2 is 1.67 bits per heavy atom. The van der Waals surface area contributed by atoms with Gasteiger partial charge in [-0.3, -0.25) is 9.69 Å². The molecule has 5 heteroatoms. The minimum atomic E-state index is -0.251. The Morgan fingerprint density at radius 3 is 2.40 bits per heavy atom. The van der Waals surface area contributed by atoms with Crippen LogP contribution in [0.1, 0.15) is 30.4 Å². The third-order valence-corrected chi connectivity index (χ3v) is 6.33. The number of carbonyl (C=O) groups excluding carboxylic acids is 1. The third kappa shape index (κ3) is 5.89. The van der Waals surface area contributed by atoms with Crippen molar-refractivity contribution in [2.45, 2.75) is 32.4 Å². The molecule has 2 aliphatic heterocycles. The van der Waals surface area contributed by atoms with Crippen LogP contribution in [0, 0.1) is 17.7 Å². The zero-order valence-corrected chi connectivity index (χ0v) is 17.6. The highest BCUT2D eigenvalue weighted by atomic mass is 19.1. The first-order chi connectivity index (χ1) is 14.7. The Balaban J connectivity index is 1.38. The van der Waals surface area contributed by atoms with Gasteiger partial charge in [-0.1, -0.05) is 42.5 Å². The fourth-order valence-corrected chi connectivity index (χ4v) is 4.86. The Labute approximate surface area is 179 Å². The van der Waals surface area contributed by atoms with Gasteiger partial charge in [0.2, 0.25) is 5.91 Å². The van der Waals surface area contributed by atoms with Crippen LogP contribution < -0.4 is 5.32 Å². The van der Waals surface area contributed by atoms with E-state index >= 15 is 0 Å². The summed E-state index contributed by atoms with van der Waals surface area (Å²) in [4.78, 5) is 18.0. The standard InChI is InChI=1S/C25H32FN3O/c26-24-10-8-20(9-11-24)15-27-25(30)23-14-22(17-28-12-4-5-13-28)18-29(19-23)16-21-6-2-1-3-7-21/h1-3,6-11,22-23H,4-5,12-19H2,(H,27,30)/t22-,23-/m1/s1. The van der Waals surface area contributed by atoms with Crippen LogP contribution in [0.2, 0.25) is 0 Å². The van der Waals surface area contributed by atoms with Gasteiger partial charge in [0.25, 0.3) is 0 Å². The maximum absolute atomic E-state index is 13.1. The molecule has 2 aromatic carbocycles. The van der Waals surface area contributed by atoms with E-state index in [4.69, 9.17) is 0 Å². The van der Waals surface area contributed by atoms with Crippen LogP contribution in [-0.2, 0) is 17.9 Å². The van der Waals surface area contributed by atoms with E-state index in [-0.39, 0.29) is 17.6 Å². The van der Waals surface area contributed by atoms with E-state index in [2.05, 4.69) is 39.4 Å². The van der Waals surface area contributed by atoms with Gasteiger partial charge in [0.05, 0.1) is 5.92 Å². The van der Waals surface area contributed by atoms with Crippen molar-refractivity contribution >= 4 is 5.91 Å². The van der Waals surface area contributed by atoms with Crippen molar-refractivity contribution in [2.75, 3.05) is 32.7 Å². The summed E-state index contributed by atoms with van der Waals surface area (Å²) in [5.74, 6) is 0.375. The lowest BCUT2D eigenvalue weighted by molar-refractivity contribution is -0.127.